The molecule has 22 heavy (non-hydrogen) atoms. The number of nitrogens with one attached hydrogen (secondary N) is 2. The number of pyridine rings is 1. The van der Waals surface area contributed by atoms with E-state index in [2.05, 4.69) is 25.8 Å². The molecule has 2 aromatic heterocycles. The van der Waals surface area contributed by atoms with Crippen molar-refractivity contribution in [2.45, 2.75) is 20.0 Å². The quantitative estimate of drug-likeness (QED) is 0.806. The monoisotopic (exact) mass is 304 g/mol. The molecule has 9 heteroatoms. The second-order valence-electron chi connectivity index (χ2n) is 4.24. The minimum absolute atomic E-state index is 0.0460. The summed E-state index contributed by atoms with van der Waals surface area (Å²) in [5.41, 5.74) is 0.946. The van der Waals surface area contributed by atoms with E-state index in [0.717, 1.165) is 5.56 Å². The molecule has 0 aliphatic carbocycles. The van der Waals surface area contributed by atoms with Crippen LogP contribution in [-0.2, 0) is 22.6 Å². The Balaban J connectivity index is 1.79. The fraction of sp³-hybridized carbons (Fsp3) is 0.308. The zero-order valence-electron chi connectivity index (χ0n) is 12.0. The van der Waals surface area contributed by atoms with Crippen LogP contribution in [0.5, 0.6) is 0 Å². The Bertz CT molecular complexity index is 628. The highest BCUT2D eigenvalue weighted by molar-refractivity contribution is 5.83. The summed E-state index contributed by atoms with van der Waals surface area (Å²) >= 11 is 0. The van der Waals surface area contributed by atoms with Gasteiger partial charge in [0.25, 0.3) is 0 Å². The number of carbonyl (C=O) groups is 2. The van der Waals surface area contributed by atoms with Crippen molar-refractivity contribution in [3.8, 4) is 0 Å². The molecule has 116 valence electrons. The summed E-state index contributed by atoms with van der Waals surface area (Å²) in [5.74, 6) is -0.0181. The van der Waals surface area contributed by atoms with Gasteiger partial charge in [-0.05, 0) is 24.6 Å². The molecule has 0 unspecified atom stereocenters. The highest BCUT2D eigenvalue weighted by Crippen LogP contribution is 2.00. The van der Waals surface area contributed by atoms with Gasteiger partial charge >= 0.3 is 6.09 Å². The number of aromatic nitrogens is 4. The minimum atomic E-state index is -0.614. The molecule has 2 heterocycles. The van der Waals surface area contributed by atoms with Crippen LogP contribution in [0.1, 0.15) is 12.5 Å². The second-order valence-corrected chi connectivity index (χ2v) is 4.24. The fourth-order valence-corrected chi connectivity index (χ4v) is 1.59. The van der Waals surface area contributed by atoms with Crippen molar-refractivity contribution >= 4 is 17.8 Å². The van der Waals surface area contributed by atoms with E-state index in [4.69, 9.17) is 4.74 Å². The maximum absolute atomic E-state index is 11.8. The van der Waals surface area contributed by atoms with Gasteiger partial charge in [0.05, 0.1) is 12.8 Å². The van der Waals surface area contributed by atoms with Crippen LogP contribution in [0, 0.1) is 0 Å². The highest BCUT2D eigenvalue weighted by atomic mass is 16.5. The zero-order valence-corrected chi connectivity index (χ0v) is 12.0. The largest absolute Gasteiger partial charge is 0.450 e. The maximum Gasteiger partial charge on any atom is 0.412 e. The molecule has 0 radical (unpaired) electrons. The van der Waals surface area contributed by atoms with Gasteiger partial charge in [-0.25, -0.2) is 4.79 Å². The van der Waals surface area contributed by atoms with Crippen molar-refractivity contribution in [1.82, 2.24) is 25.3 Å². The van der Waals surface area contributed by atoms with Crippen molar-refractivity contribution < 1.29 is 14.3 Å². The molecule has 2 rings (SSSR count). The normalized spacial score (nSPS) is 10.0. The number of ether oxygens (including phenoxy) is 1. The molecule has 0 atom stereocenters. The van der Waals surface area contributed by atoms with E-state index < -0.39 is 6.09 Å². The van der Waals surface area contributed by atoms with Crippen LogP contribution in [0.4, 0.5) is 10.6 Å². The molecular weight excluding hydrogens is 288 g/mol. The van der Waals surface area contributed by atoms with Gasteiger partial charge in [-0.3, -0.25) is 15.1 Å². The molecule has 2 aromatic rings. The standard InChI is InChI=1S/C13H16N6O3/c1-2-22-13(21)17-11-8-16-19(18-11)9-12(20)15-7-10-3-5-14-6-4-10/h3-6,8H,2,7,9H2,1H3,(H,15,20)(H,17,18,21). The van der Waals surface area contributed by atoms with E-state index in [1.807, 2.05) is 12.1 Å². The summed E-state index contributed by atoms with van der Waals surface area (Å²) in [6.07, 6.45) is 4.04. The van der Waals surface area contributed by atoms with Crippen molar-refractivity contribution in [3.05, 3.63) is 36.3 Å². The van der Waals surface area contributed by atoms with Gasteiger partial charge in [-0.15, -0.1) is 5.10 Å². The van der Waals surface area contributed by atoms with E-state index >= 15 is 0 Å². The van der Waals surface area contributed by atoms with Gasteiger partial charge in [0, 0.05) is 18.9 Å². The molecule has 0 spiro atoms. The first-order valence-corrected chi connectivity index (χ1v) is 6.67. The lowest BCUT2D eigenvalue weighted by molar-refractivity contribution is -0.122. The SMILES string of the molecule is CCOC(=O)Nc1cnn(CC(=O)NCc2ccncc2)n1. The minimum Gasteiger partial charge on any atom is -0.450 e. The number of anilines is 1. The van der Waals surface area contributed by atoms with Crippen LogP contribution in [0.15, 0.2) is 30.7 Å². The van der Waals surface area contributed by atoms with Crippen molar-refractivity contribution in [2.75, 3.05) is 11.9 Å². The number of carbonyl (C=O) groups excluding carboxylic acids is 2. The molecule has 2 N–H and O–H groups in total. The number of hydrogen-bond donors (Lipinski definition) is 2. The van der Waals surface area contributed by atoms with Gasteiger partial charge in [0.15, 0.2) is 5.82 Å². The third kappa shape index (κ3) is 4.85. The van der Waals surface area contributed by atoms with Crippen LogP contribution in [0.25, 0.3) is 0 Å². The molecule has 0 saturated heterocycles. The van der Waals surface area contributed by atoms with E-state index in [1.54, 1.807) is 19.3 Å². The summed E-state index contributed by atoms with van der Waals surface area (Å²) < 4.78 is 4.71. The van der Waals surface area contributed by atoms with Gasteiger partial charge in [-0.1, -0.05) is 0 Å². The molecule has 0 saturated carbocycles. The first kappa shape index (κ1) is 15.4. The predicted octanol–water partition coefficient (Wildman–Crippen LogP) is 0.558. The smallest absolute Gasteiger partial charge is 0.412 e. The molecule has 9 nitrogen and oxygen atoms in total. The van der Waals surface area contributed by atoms with Crippen LogP contribution in [0.3, 0.4) is 0 Å². The summed E-state index contributed by atoms with van der Waals surface area (Å²) in [5, 5.41) is 13.0. The summed E-state index contributed by atoms with van der Waals surface area (Å²) in [6.45, 7) is 2.31. The highest BCUT2D eigenvalue weighted by Gasteiger charge is 2.08. The van der Waals surface area contributed by atoms with E-state index in [9.17, 15) is 9.59 Å². The van der Waals surface area contributed by atoms with Gasteiger partial charge in [0.1, 0.15) is 6.54 Å². The third-order valence-corrected chi connectivity index (χ3v) is 2.57. The fourth-order valence-electron chi connectivity index (χ4n) is 1.59. The molecule has 0 aliphatic heterocycles. The average Bonchev–Trinajstić information content (AvgIpc) is 2.93. The van der Waals surface area contributed by atoms with Crippen LogP contribution < -0.4 is 10.6 Å². The summed E-state index contributed by atoms with van der Waals surface area (Å²) in [4.78, 5) is 28.1. The van der Waals surface area contributed by atoms with Crippen LogP contribution in [0.2, 0.25) is 0 Å². The van der Waals surface area contributed by atoms with Gasteiger partial charge < -0.3 is 10.1 Å². The molecule has 2 amide bonds. The maximum atomic E-state index is 11.8. The molecule has 0 aliphatic rings. The lowest BCUT2D eigenvalue weighted by atomic mass is 10.3. The first-order valence-electron chi connectivity index (χ1n) is 6.67. The first-order chi connectivity index (χ1) is 10.7. The zero-order chi connectivity index (χ0) is 15.8. The third-order valence-electron chi connectivity index (χ3n) is 2.57. The van der Waals surface area contributed by atoms with Crippen LogP contribution >= 0.6 is 0 Å². The number of rotatable bonds is 6. The average molecular weight is 304 g/mol. The molecule has 0 fully saturated rings. The van der Waals surface area contributed by atoms with E-state index in [-0.39, 0.29) is 24.9 Å². The topological polar surface area (TPSA) is 111 Å². The Kier molecular flexibility index (Phi) is 5.41. The second kappa shape index (κ2) is 7.72. The van der Waals surface area contributed by atoms with Crippen molar-refractivity contribution in [1.29, 1.82) is 0 Å². The van der Waals surface area contributed by atoms with E-state index in [1.165, 1.54) is 11.0 Å². The molecular formula is C13H16N6O3. The van der Waals surface area contributed by atoms with E-state index in [0.29, 0.717) is 6.54 Å². The Morgan fingerprint density at radius 1 is 1.32 bits per heavy atom. The number of nitrogens with zero attached hydrogens (tertiary/aromatic N) is 4. The summed E-state index contributed by atoms with van der Waals surface area (Å²) in [7, 11) is 0. The Morgan fingerprint density at radius 2 is 2.09 bits per heavy atom. The predicted molar refractivity (Wildman–Crippen MR) is 76.8 cm³/mol. The lowest BCUT2D eigenvalue weighted by Crippen LogP contribution is -2.28. The summed E-state index contributed by atoms with van der Waals surface area (Å²) in [6, 6.07) is 3.63. The van der Waals surface area contributed by atoms with Crippen molar-refractivity contribution in [3.63, 3.8) is 0 Å². The Labute approximate surface area is 126 Å². The number of hydrogen-bond acceptors (Lipinski definition) is 6. The number of amides is 2. The Hall–Kier alpha value is -2.97. The molecule has 0 aromatic carbocycles. The molecule has 0 bridgehead atoms. The van der Waals surface area contributed by atoms with Gasteiger partial charge in [0.2, 0.25) is 5.91 Å². The lowest BCUT2D eigenvalue weighted by Gasteiger charge is -2.04. The van der Waals surface area contributed by atoms with Crippen LogP contribution in [-0.4, -0.2) is 38.6 Å². The Morgan fingerprint density at radius 3 is 2.82 bits per heavy atom. The van der Waals surface area contributed by atoms with Crippen molar-refractivity contribution in [2.24, 2.45) is 0 Å². The van der Waals surface area contributed by atoms with Gasteiger partial charge in [-0.2, -0.15) is 9.90 Å².